The van der Waals surface area contributed by atoms with Gasteiger partial charge in [-0.3, -0.25) is 9.48 Å². The van der Waals surface area contributed by atoms with Crippen LogP contribution in [0.3, 0.4) is 0 Å². The molecule has 0 aromatic carbocycles. The lowest BCUT2D eigenvalue weighted by molar-refractivity contribution is -0.122. The molecule has 92 valence electrons. The van der Waals surface area contributed by atoms with Crippen molar-refractivity contribution in [3.8, 4) is 0 Å². The van der Waals surface area contributed by atoms with Gasteiger partial charge in [-0.15, -0.1) is 12.4 Å². The van der Waals surface area contributed by atoms with Crippen molar-refractivity contribution in [1.29, 1.82) is 0 Å². The minimum absolute atomic E-state index is 0. The third-order valence-corrected chi connectivity index (χ3v) is 2.51. The Kier molecular flexibility index (Phi) is 5.47. The van der Waals surface area contributed by atoms with E-state index >= 15 is 0 Å². The lowest BCUT2D eigenvalue weighted by atomic mass is 10.1. The predicted molar refractivity (Wildman–Crippen MR) is 65.4 cm³/mol. The highest BCUT2D eigenvalue weighted by atomic mass is 35.5. The first-order valence-corrected chi connectivity index (χ1v) is 4.98. The molecule has 16 heavy (non-hydrogen) atoms. The third-order valence-electron chi connectivity index (χ3n) is 2.51. The Morgan fingerprint density at radius 3 is 2.50 bits per heavy atom. The van der Waals surface area contributed by atoms with Crippen molar-refractivity contribution in [2.24, 2.45) is 12.8 Å². The fraction of sp³-hybridized carbons (Fsp3) is 0.600. The second-order valence-corrected chi connectivity index (χ2v) is 3.83. The Morgan fingerprint density at radius 1 is 1.56 bits per heavy atom. The predicted octanol–water partition coefficient (Wildman–Crippen LogP) is 0.675. The lowest BCUT2D eigenvalue weighted by Crippen LogP contribution is -2.39. The summed E-state index contributed by atoms with van der Waals surface area (Å²) in [5.41, 5.74) is 7.54. The minimum atomic E-state index is -0.482. The number of hydrogen-bond donors (Lipinski definition) is 2. The van der Waals surface area contributed by atoms with Gasteiger partial charge in [0, 0.05) is 18.3 Å². The van der Waals surface area contributed by atoms with Crippen LogP contribution in [0.2, 0.25) is 0 Å². The van der Waals surface area contributed by atoms with Crippen molar-refractivity contribution in [2.75, 3.05) is 0 Å². The van der Waals surface area contributed by atoms with Gasteiger partial charge in [0.15, 0.2) is 0 Å². The van der Waals surface area contributed by atoms with Gasteiger partial charge in [-0.1, -0.05) is 0 Å². The van der Waals surface area contributed by atoms with Gasteiger partial charge < -0.3 is 11.1 Å². The van der Waals surface area contributed by atoms with E-state index in [0.29, 0.717) is 0 Å². The monoisotopic (exact) mass is 246 g/mol. The number of nitrogens with two attached hydrogens (primary N) is 1. The second kappa shape index (κ2) is 5.86. The molecule has 0 fully saturated rings. The fourth-order valence-electron chi connectivity index (χ4n) is 1.36. The highest BCUT2D eigenvalue weighted by Gasteiger charge is 2.16. The van der Waals surface area contributed by atoms with E-state index in [1.165, 1.54) is 0 Å². The molecule has 0 saturated carbocycles. The Hall–Kier alpha value is -1.07. The molecule has 0 aliphatic carbocycles. The van der Waals surface area contributed by atoms with E-state index in [9.17, 15) is 4.79 Å². The van der Waals surface area contributed by atoms with E-state index in [4.69, 9.17) is 5.73 Å². The summed E-state index contributed by atoms with van der Waals surface area (Å²) in [7, 11) is 1.87. The standard InChI is InChI=1S/C10H18N4O.ClH/c1-6(11)10(15)13-7(2)9-5-12-14(4)8(9)3;/h5-7H,11H2,1-4H3,(H,13,15);1H/t6-,7?;/m0./s1. The van der Waals surface area contributed by atoms with Crippen molar-refractivity contribution < 1.29 is 4.79 Å². The van der Waals surface area contributed by atoms with Crippen molar-refractivity contribution in [3.63, 3.8) is 0 Å². The first-order valence-electron chi connectivity index (χ1n) is 4.98. The largest absolute Gasteiger partial charge is 0.348 e. The first kappa shape index (κ1) is 14.9. The molecular formula is C10H19ClN4O. The average molecular weight is 247 g/mol. The van der Waals surface area contributed by atoms with E-state index in [1.54, 1.807) is 17.8 Å². The zero-order valence-electron chi connectivity index (χ0n) is 10.0. The number of nitrogens with zero attached hydrogens (tertiary/aromatic N) is 2. The van der Waals surface area contributed by atoms with E-state index in [2.05, 4.69) is 10.4 Å². The van der Waals surface area contributed by atoms with E-state index in [0.717, 1.165) is 11.3 Å². The van der Waals surface area contributed by atoms with Gasteiger partial charge in [-0.05, 0) is 20.8 Å². The molecule has 0 aliphatic rings. The maximum atomic E-state index is 11.4. The Labute approximate surface area is 102 Å². The molecule has 0 radical (unpaired) electrons. The number of carbonyl (C=O) groups excluding carboxylic acids is 1. The molecule has 6 heteroatoms. The van der Waals surface area contributed by atoms with E-state index < -0.39 is 6.04 Å². The van der Waals surface area contributed by atoms with E-state index in [1.807, 2.05) is 20.9 Å². The number of rotatable bonds is 3. The molecular weight excluding hydrogens is 228 g/mol. The van der Waals surface area contributed by atoms with Crippen molar-refractivity contribution >= 4 is 18.3 Å². The molecule has 2 atom stereocenters. The number of aromatic nitrogens is 2. The normalized spacial score (nSPS) is 13.8. The van der Waals surface area contributed by atoms with Gasteiger partial charge >= 0.3 is 0 Å². The Bertz CT molecular complexity index is 362. The van der Waals surface area contributed by atoms with E-state index in [-0.39, 0.29) is 24.4 Å². The second-order valence-electron chi connectivity index (χ2n) is 3.83. The zero-order valence-corrected chi connectivity index (χ0v) is 10.8. The van der Waals surface area contributed by atoms with Crippen LogP contribution in [0.25, 0.3) is 0 Å². The van der Waals surface area contributed by atoms with Crippen molar-refractivity contribution in [2.45, 2.75) is 32.9 Å². The zero-order chi connectivity index (χ0) is 11.6. The van der Waals surface area contributed by atoms with Crippen LogP contribution in [-0.4, -0.2) is 21.7 Å². The molecule has 1 amide bonds. The van der Waals surface area contributed by atoms with Gasteiger partial charge in [0.2, 0.25) is 5.91 Å². The molecule has 1 unspecified atom stereocenters. The van der Waals surface area contributed by atoms with Gasteiger partial charge in [-0.2, -0.15) is 5.10 Å². The van der Waals surface area contributed by atoms with Gasteiger partial charge in [-0.25, -0.2) is 0 Å². The molecule has 0 bridgehead atoms. The number of aryl methyl sites for hydroxylation is 1. The number of hydrogen-bond acceptors (Lipinski definition) is 3. The van der Waals surface area contributed by atoms with Gasteiger partial charge in [0.25, 0.3) is 0 Å². The number of amides is 1. The quantitative estimate of drug-likeness (QED) is 0.824. The topological polar surface area (TPSA) is 72.9 Å². The van der Waals surface area contributed by atoms with Gasteiger partial charge in [0.1, 0.15) is 0 Å². The fourth-order valence-corrected chi connectivity index (χ4v) is 1.36. The molecule has 3 N–H and O–H groups in total. The molecule has 1 heterocycles. The first-order chi connectivity index (χ1) is 6.93. The van der Waals surface area contributed by atoms with Crippen LogP contribution in [0.15, 0.2) is 6.20 Å². The Balaban J connectivity index is 0.00000225. The van der Waals surface area contributed by atoms with Crippen LogP contribution >= 0.6 is 12.4 Å². The van der Waals surface area contributed by atoms with Crippen LogP contribution in [0.1, 0.15) is 31.1 Å². The molecule has 0 spiro atoms. The maximum Gasteiger partial charge on any atom is 0.237 e. The molecule has 1 aromatic heterocycles. The summed E-state index contributed by atoms with van der Waals surface area (Å²) >= 11 is 0. The van der Waals surface area contributed by atoms with Crippen LogP contribution in [0.5, 0.6) is 0 Å². The van der Waals surface area contributed by atoms with Gasteiger partial charge in [0.05, 0.1) is 18.3 Å². The summed E-state index contributed by atoms with van der Waals surface area (Å²) in [6.45, 7) is 5.55. The van der Waals surface area contributed by atoms with Crippen molar-refractivity contribution in [3.05, 3.63) is 17.5 Å². The van der Waals surface area contributed by atoms with Crippen LogP contribution in [-0.2, 0) is 11.8 Å². The summed E-state index contributed by atoms with van der Waals surface area (Å²) in [4.78, 5) is 11.4. The van der Waals surface area contributed by atoms with Crippen LogP contribution < -0.4 is 11.1 Å². The lowest BCUT2D eigenvalue weighted by Gasteiger charge is -2.15. The number of nitrogens with one attached hydrogen (secondary N) is 1. The third kappa shape index (κ3) is 3.21. The molecule has 5 nitrogen and oxygen atoms in total. The SMILES string of the molecule is Cc1c(C(C)NC(=O)[C@H](C)N)cnn1C.Cl. The van der Waals surface area contributed by atoms with Crippen LogP contribution in [0.4, 0.5) is 0 Å². The summed E-state index contributed by atoms with van der Waals surface area (Å²) in [6, 6.07) is -0.540. The number of carbonyl (C=O) groups is 1. The molecule has 0 aliphatic heterocycles. The number of halogens is 1. The highest BCUT2D eigenvalue weighted by molar-refractivity contribution is 5.85. The van der Waals surface area contributed by atoms with Crippen LogP contribution in [0, 0.1) is 6.92 Å². The Morgan fingerprint density at radius 2 is 2.12 bits per heavy atom. The summed E-state index contributed by atoms with van der Waals surface area (Å²) < 4.78 is 1.78. The smallest absolute Gasteiger partial charge is 0.237 e. The molecule has 1 aromatic rings. The average Bonchev–Trinajstić information content (AvgIpc) is 2.47. The molecule has 1 rings (SSSR count). The summed E-state index contributed by atoms with van der Waals surface area (Å²) in [6.07, 6.45) is 1.77. The highest BCUT2D eigenvalue weighted by Crippen LogP contribution is 2.15. The molecule has 0 saturated heterocycles. The summed E-state index contributed by atoms with van der Waals surface area (Å²) in [5.74, 6) is -0.147. The van der Waals surface area contributed by atoms with Crippen molar-refractivity contribution in [1.82, 2.24) is 15.1 Å². The minimum Gasteiger partial charge on any atom is -0.348 e. The maximum absolute atomic E-state index is 11.4. The summed E-state index contributed by atoms with van der Waals surface area (Å²) in [5, 5.41) is 6.96.